The second-order valence-electron chi connectivity index (χ2n) is 21.0. The Labute approximate surface area is 705 Å². The standard InChI is InChI=1S/C68H33Cl28NO/c1-3-5-6-24(4-2)23-98-30-19-17-29(18-20-30)97(27-13-7-25(8-14-27)11-21-31-41(69)45(73)35(46(74)42(31)70)33(37-49(77)57(85)65(93)58(86)50(37)78)38-51(79)59(87)66(94)60(88)52(38)80)28-15-9-26(10-16-28)12-22-32-43(71)47(75)36(48(76)44(32)72)34(39-53(81)61(89)67(95)62(90)54(39)82)40-55(83)63(91)68(96)64(92)56(40)84/h7-22,24H,3-6,23H2,1-2H3/b21-11+,22-12+. The minimum absolute atomic E-state index is 0.0712. The summed E-state index contributed by atoms with van der Waals surface area (Å²) in [5.74, 6) is 0.980. The van der Waals surface area contributed by atoms with Gasteiger partial charge in [-0.15, -0.1) is 0 Å². The van der Waals surface area contributed by atoms with Crippen molar-refractivity contribution in [2.45, 2.75) is 39.5 Å². The molecule has 2 radical (unpaired) electrons. The van der Waals surface area contributed by atoms with Gasteiger partial charge in [0.1, 0.15) is 5.75 Å². The minimum Gasteiger partial charge on any atom is -0.493 e. The number of nitrogens with zero attached hydrogens (tertiary/aromatic N) is 1. The normalized spacial score (nSPS) is 12.2. The maximum absolute atomic E-state index is 7.23. The number of halogens is 28. The maximum Gasteiger partial charge on any atom is 0.119 e. The van der Waals surface area contributed by atoms with E-state index in [4.69, 9.17) is 330 Å². The van der Waals surface area contributed by atoms with Gasteiger partial charge in [0.05, 0.1) is 159 Å². The fourth-order valence-electron chi connectivity index (χ4n) is 10.2. The van der Waals surface area contributed by atoms with Crippen molar-refractivity contribution in [3.63, 3.8) is 0 Å². The molecule has 0 bridgehead atoms. The Morgan fingerprint density at radius 1 is 0.296 bits per heavy atom. The average Bonchev–Trinajstić information content (AvgIpc) is 0.733. The zero-order valence-electron chi connectivity index (χ0n) is 48.8. The molecule has 98 heavy (non-hydrogen) atoms. The summed E-state index contributed by atoms with van der Waals surface area (Å²) in [7, 11) is 0. The predicted octanol–water partition coefficient (Wildman–Crippen LogP) is 36.4. The van der Waals surface area contributed by atoms with Crippen LogP contribution in [0.25, 0.3) is 24.3 Å². The number of ether oxygens (including phenoxy) is 1. The van der Waals surface area contributed by atoms with E-state index in [1.165, 1.54) is 0 Å². The molecule has 9 aromatic carbocycles. The van der Waals surface area contributed by atoms with Crippen molar-refractivity contribution in [2.75, 3.05) is 11.5 Å². The quantitative estimate of drug-likeness (QED) is 0.0326. The van der Waals surface area contributed by atoms with Crippen molar-refractivity contribution in [2.24, 2.45) is 5.92 Å². The Kier molecular flexibility index (Phi) is 29.4. The van der Waals surface area contributed by atoms with E-state index in [9.17, 15) is 0 Å². The van der Waals surface area contributed by atoms with Gasteiger partial charge in [-0.1, -0.05) is 407 Å². The predicted molar refractivity (Wildman–Crippen MR) is 438 cm³/mol. The molecule has 0 aliphatic heterocycles. The van der Waals surface area contributed by atoms with Crippen LogP contribution in [0, 0.1) is 17.8 Å². The fourth-order valence-corrected chi connectivity index (χ4v) is 17.8. The van der Waals surface area contributed by atoms with E-state index >= 15 is 0 Å². The van der Waals surface area contributed by atoms with E-state index in [0.29, 0.717) is 23.7 Å². The molecule has 512 valence electrons. The van der Waals surface area contributed by atoms with Crippen molar-refractivity contribution in [3.05, 3.63) is 281 Å². The molecule has 9 rings (SSSR count). The van der Waals surface area contributed by atoms with E-state index < -0.39 is 0 Å². The summed E-state index contributed by atoms with van der Waals surface area (Å²) in [6.45, 7) is 4.94. The molecule has 0 heterocycles. The van der Waals surface area contributed by atoms with Crippen LogP contribution < -0.4 is 9.64 Å². The lowest BCUT2D eigenvalue weighted by molar-refractivity contribution is 0.233. The lowest BCUT2D eigenvalue weighted by Crippen LogP contribution is -2.12. The van der Waals surface area contributed by atoms with Gasteiger partial charge in [0.25, 0.3) is 0 Å². The number of unbranched alkanes of at least 4 members (excludes halogenated alkanes) is 1. The second-order valence-corrected chi connectivity index (χ2v) is 31.6. The molecule has 0 aliphatic rings. The highest BCUT2D eigenvalue weighted by atomic mass is 35.5. The zero-order valence-corrected chi connectivity index (χ0v) is 70.0. The van der Waals surface area contributed by atoms with Gasteiger partial charge in [-0.2, -0.15) is 0 Å². The lowest BCUT2D eigenvalue weighted by Gasteiger charge is -2.28. The van der Waals surface area contributed by atoms with Crippen molar-refractivity contribution in [1.29, 1.82) is 0 Å². The highest BCUT2D eigenvalue weighted by Crippen LogP contribution is 2.61. The van der Waals surface area contributed by atoms with Gasteiger partial charge >= 0.3 is 0 Å². The fraction of sp³-hybridized carbons (Fsp3) is 0.118. The minimum atomic E-state index is -0.213. The lowest BCUT2D eigenvalue weighted by atomic mass is 9.84. The molecule has 0 N–H and O–H groups in total. The summed E-state index contributed by atoms with van der Waals surface area (Å²) in [5, 5.41) is -4.88. The third-order valence-corrected chi connectivity index (χ3v) is 27.8. The second kappa shape index (κ2) is 35.0. The summed E-state index contributed by atoms with van der Waals surface area (Å²) in [4.78, 5) is 2.05. The molecule has 0 aromatic heterocycles. The molecule has 30 heteroatoms. The smallest absolute Gasteiger partial charge is 0.119 e. The van der Waals surface area contributed by atoms with Crippen LogP contribution in [0.4, 0.5) is 17.1 Å². The summed E-state index contributed by atoms with van der Waals surface area (Å²) >= 11 is 192. The SMILES string of the molecule is CCCCC(CC)COc1ccc(N(c2ccc(/C=C/c3c(Cl)c(Cl)c([C](c4c(Cl)c(Cl)c(Cl)c(Cl)c4Cl)c4c(Cl)c(Cl)c(Cl)c(Cl)c4Cl)c(Cl)c3Cl)cc2)c2ccc(/C=C/c3c(Cl)c(Cl)c([C](c4c(Cl)c(Cl)c(Cl)c(Cl)c4Cl)c4c(Cl)c(Cl)c(Cl)c(Cl)c4Cl)c(Cl)c3Cl)cc2)cc1. The number of rotatable bonds is 20. The summed E-state index contributed by atoms with van der Waals surface area (Å²) in [6.07, 6.45) is 11.1. The number of hydrogen-bond acceptors (Lipinski definition) is 2. The largest absolute Gasteiger partial charge is 0.493 e. The Hall–Kier alpha value is 0.180. The van der Waals surface area contributed by atoms with Crippen LogP contribution in [-0.2, 0) is 0 Å². The molecule has 0 saturated heterocycles. The van der Waals surface area contributed by atoms with E-state index in [-0.39, 0.29) is 197 Å². The number of benzene rings is 9. The first-order valence-corrected chi connectivity index (χ1v) is 38.5. The van der Waals surface area contributed by atoms with Gasteiger partial charge in [0.2, 0.25) is 0 Å². The van der Waals surface area contributed by atoms with Crippen LogP contribution in [0.15, 0.2) is 72.8 Å². The van der Waals surface area contributed by atoms with E-state index in [1.807, 2.05) is 72.8 Å². The first kappa shape index (κ1) is 82.2. The molecular formula is C68H33Cl28NO. The Balaban J connectivity index is 1.09. The summed E-state index contributed by atoms with van der Waals surface area (Å²) in [5.41, 5.74) is 3.65. The Morgan fingerprint density at radius 3 is 0.755 bits per heavy atom. The van der Waals surface area contributed by atoms with Crippen LogP contribution in [-0.4, -0.2) is 6.61 Å². The number of anilines is 3. The van der Waals surface area contributed by atoms with Crippen LogP contribution in [0.5, 0.6) is 5.75 Å². The zero-order chi connectivity index (χ0) is 72.1. The molecule has 0 saturated carbocycles. The molecule has 1 atom stereocenters. The van der Waals surface area contributed by atoms with Crippen LogP contribution in [0.2, 0.25) is 141 Å². The van der Waals surface area contributed by atoms with Crippen molar-refractivity contribution >= 4 is 366 Å². The Bertz CT molecular complexity index is 4130. The molecule has 0 amide bonds. The van der Waals surface area contributed by atoms with Gasteiger partial charge in [-0.05, 0) is 72.0 Å². The highest BCUT2D eigenvalue weighted by molar-refractivity contribution is 6.61. The molecule has 9 aromatic rings. The molecule has 0 spiro atoms. The first-order chi connectivity index (χ1) is 46.2. The topological polar surface area (TPSA) is 12.5 Å². The third-order valence-electron chi connectivity index (χ3n) is 15.2. The van der Waals surface area contributed by atoms with Gasteiger partial charge < -0.3 is 9.64 Å². The summed E-state index contributed by atoms with van der Waals surface area (Å²) < 4.78 is 6.32. The molecule has 2 nitrogen and oxygen atoms in total. The van der Waals surface area contributed by atoms with Gasteiger partial charge in [-0.25, -0.2) is 0 Å². The molecule has 1 unspecified atom stereocenters. The van der Waals surface area contributed by atoms with E-state index in [1.54, 1.807) is 24.3 Å². The monoisotopic (exact) mass is 1860 g/mol. The van der Waals surface area contributed by atoms with Crippen LogP contribution in [0.1, 0.15) is 95.2 Å². The summed E-state index contributed by atoms with van der Waals surface area (Å²) in [6, 6.07) is 23.1. The average molecular weight is 1870 g/mol. The van der Waals surface area contributed by atoms with Crippen molar-refractivity contribution < 1.29 is 4.74 Å². The van der Waals surface area contributed by atoms with Crippen LogP contribution in [0.3, 0.4) is 0 Å². The number of hydrogen-bond donors (Lipinski definition) is 0. The highest BCUT2D eigenvalue weighted by Gasteiger charge is 2.40. The molecule has 0 aliphatic carbocycles. The molecular weight excluding hydrogens is 1840 g/mol. The van der Waals surface area contributed by atoms with E-state index in [0.717, 1.165) is 48.5 Å². The van der Waals surface area contributed by atoms with Crippen molar-refractivity contribution in [3.8, 4) is 5.75 Å². The van der Waals surface area contributed by atoms with Gasteiger partial charge in [0, 0.05) is 61.6 Å². The van der Waals surface area contributed by atoms with Crippen LogP contribution >= 0.6 is 325 Å². The van der Waals surface area contributed by atoms with E-state index in [2.05, 4.69) is 18.7 Å². The van der Waals surface area contributed by atoms with Gasteiger partial charge in [-0.3, -0.25) is 0 Å². The van der Waals surface area contributed by atoms with Crippen molar-refractivity contribution in [1.82, 2.24) is 0 Å². The van der Waals surface area contributed by atoms with Gasteiger partial charge in [0.15, 0.2) is 0 Å². The third kappa shape index (κ3) is 16.3. The first-order valence-electron chi connectivity index (χ1n) is 27.9. The Morgan fingerprint density at radius 2 is 0.520 bits per heavy atom. The molecule has 0 fully saturated rings. The maximum atomic E-state index is 7.23.